The van der Waals surface area contributed by atoms with Gasteiger partial charge in [-0.05, 0) is 83.3 Å². The molecule has 200 valence electrons. The van der Waals surface area contributed by atoms with Crippen molar-refractivity contribution < 1.29 is 14.4 Å². The van der Waals surface area contributed by atoms with E-state index in [0.717, 1.165) is 5.56 Å². The summed E-state index contributed by atoms with van der Waals surface area (Å²) in [5.41, 5.74) is 4.32. The van der Waals surface area contributed by atoms with Crippen LogP contribution in [0.5, 0.6) is 0 Å². The highest BCUT2D eigenvalue weighted by Crippen LogP contribution is 2.17. The minimum atomic E-state index is -0.511. The lowest BCUT2D eigenvalue weighted by atomic mass is 10.0. The van der Waals surface area contributed by atoms with E-state index in [4.69, 9.17) is 11.6 Å². The largest absolute Gasteiger partial charge is 0.321 e. The minimum Gasteiger partial charge on any atom is -0.321 e. The van der Waals surface area contributed by atoms with Gasteiger partial charge in [-0.25, -0.2) is 0 Å². The number of carbonyl (C=O) groups excluding carboxylic acids is 3. The number of hydrogen-bond acceptors (Lipinski definition) is 3. The third-order valence-electron chi connectivity index (χ3n) is 6.17. The fourth-order valence-corrected chi connectivity index (χ4v) is 3.97. The molecule has 0 aliphatic heterocycles. The van der Waals surface area contributed by atoms with Crippen LogP contribution in [0.3, 0.4) is 0 Å². The van der Waals surface area contributed by atoms with Crippen molar-refractivity contribution >= 4 is 47.0 Å². The molecule has 0 fully saturated rings. The first-order valence-corrected chi connectivity index (χ1v) is 13.2. The summed E-state index contributed by atoms with van der Waals surface area (Å²) in [5.74, 6) is -0.627. The summed E-state index contributed by atoms with van der Waals surface area (Å²) in [6, 6.07) is 30.2. The zero-order valence-electron chi connectivity index (χ0n) is 22.2. The fraction of sp³-hybridized carbons (Fsp3) is 0.0882. The summed E-state index contributed by atoms with van der Waals surface area (Å²) in [6.07, 6.45) is 4.89. The van der Waals surface area contributed by atoms with E-state index in [2.05, 4.69) is 36.6 Å². The number of carbonyl (C=O) groups is 3. The third kappa shape index (κ3) is 7.88. The molecule has 4 rings (SSSR count). The van der Waals surface area contributed by atoms with Crippen molar-refractivity contribution in [3.63, 3.8) is 0 Å². The molecule has 0 spiro atoms. The second-order valence-electron chi connectivity index (χ2n) is 9.48. The lowest BCUT2D eigenvalue weighted by Crippen LogP contribution is -2.30. The summed E-state index contributed by atoms with van der Waals surface area (Å²) in [4.78, 5) is 38.7. The highest BCUT2D eigenvalue weighted by atomic mass is 35.5. The van der Waals surface area contributed by atoms with Gasteiger partial charge in [0.1, 0.15) is 5.70 Å². The normalized spacial score (nSPS) is 11.4. The van der Waals surface area contributed by atoms with E-state index in [9.17, 15) is 14.4 Å². The van der Waals surface area contributed by atoms with Crippen molar-refractivity contribution in [3.8, 4) is 0 Å². The molecule has 0 saturated carbocycles. The van der Waals surface area contributed by atoms with Crippen molar-refractivity contribution in [3.05, 3.63) is 148 Å². The molecule has 0 atom stereocenters. The van der Waals surface area contributed by atoms with Gasteiger partial charge in [0.05, 0.1) is 0 Å². The van der Waals surface area contributed by atoms with Gasteiger partial charge in [0.25, 0.3) is 11.8 Å². The molecule has 0 bridgehead atoms. The molecule has 40 heavy (non-hydrogen) atoms. The Morgan fingerprint density at radius 3 is 1.98 bits per heavy atom. The lowest BCUT2D eigenvalue weighted by molar-refractivity contribution is -0.113. The lowest BCUT2D eigenvalue weighted by Gasteiger charge is -2.12. The molecule has 2 amide bonds. The van der Waals surface area contributed by atoms with E-state index in [0.29, 0.717) is 33.3 Å². The van der Waals surface area contributed by atoms with Crippen LogP contribution in [0.4, 0.5) is 5.69 Å². The van der Waals surface area contributed by atoms with E-state index in [1.54, 1.807) is 84.9 Å². The van der Waals surface area contributed by atoms with Crippen LogP contribution in [-0.2, 0) is 4.79 Å². The van der Waals surface area contributed by atoms with E-state index in [-0.39, 0.29) is 11.5 Å². The van der Waals surface area contributed by atoms with Gasteiger partial charge in [0, 0.05) is 21.8 Å². The van der Waals surface area contributed by atoms with Gasteiger partial charge in [-0.1, -0.05) is 86.1 Å². The molecule has 0 heterocycles. The van der Waals surface area contributed by atoms with Gasteiger partial charge < -0.3 is 10.6 Å². The van der Waals surface area contributed by atoms with Crippen LogP contribution in [0.2, 0.25) is 5.02 Å². The van der Waals surface area contributed by atoms with Crippen LogP contribution in [-0.4, -0.2) is 17.6 Å². The number of hydrogen-bond donors (Lipinski definition) is 2. The monoisotopic (exact) mass is 548 g/mol. The van der Waals surface area contributed by atoms with Gasteiger partial charge in [-0.2, -0.15) is 0 Å². The topological polar surface area (TPSA) is 75.3 Å². The predicted octanol–water partition coefficient (Wildman–Crippen LogP) is 7.77. The predicted molar refractivity (Wildman–Crippen MR) is 162 cm³/mol. The van der Waals surface area contributed by atoms with Gasteiger partial charge in [0.15, 0.2) is 5.78 Å². The number of benzene rings is 4. The zero-order valence-corrected chi connectivity index (χ0v) is 23.0. The van der Waals surface area contributed by atoms with Crippen LogP contribution in [0.15, 0.2) is 115 Å². The standard InChI is InChI=1S/C34H29ClN2O3/c1-23(2)26-13-8-24(9-14-26)12-21-32(38)27-15-19-30(20-16-27)36-34(40)31(22-25-10-17-29(35)18-11-25)37-33(39)28-6-4-3-5-7-28/h3-23H,1-2H3,(H,36,40)(H,37,39)/b21-12+,31-22-. The van der Waals surface area contributed by atoms with E-state index < -0.39 is 11.8 Å². The molecule has 4 aromatic rings. The minimum absolute atomic E-state index is 0.0581. The number of allylic oxidation sites excluding steroid dienone is 1. The number of ketones is 1. The number of anilines is 1. The fourth-order valence-electron chi connectivity index (χ4n) is 3.84. The van der Waals surface area contributed by atoms with E-state index in [1.165, 1.54) is 11.6 Å². The first-order valence-electron chi connectivity index (χ1n) is 12.9. The summed E-state index contributed by atoms with van der Waals surface area (Å²) in [6.45, 7) is 4.27. The first kappa shape index (κ1) is 28.3. The van der Waals surface area contributed by atoms with Crippen LogP contribution in [0.1, 0.15) is 57.2 Å². The maximum Gasteiger partial charge on any atom is 0.272 e. The highest BCUT2D eigenvalue weighted by Gasteiger charge is 2.15. The van der Waals surface area contributed by atoms with Crippen molar-refractivity contribution in [1.82, 2.24) is 5.32 Å². The molecule has 5 nitrogen and oxygen atoms in total. The smallest absolute Gasteiger partial charge is 0.272 e. The second-order valence-corrected chi connectivity index (χ2v) is 9.92. The average molecular weight is 549 g/mol. The molecule has 0 aliphatic rings. The molecule has 4 aromatic carbocycles. The molecule has 0 saturated heterocycles. The quantitative estimate of drug-likeness (QED) is 0.166. The molecule has 6 heteroatoms. The number of rotatable bonds is 9. The van der Waals surface area contributed by atoms with Crippen molar-refractivity contribution in [1.29, 1.82) is 0 Å². The summed E-state index contributed by atoms with van der Waals surface area (Å²) < 4.78 is 0. The Morgan fingerprint density at radius 2 is 1.35 bits per heavy atom. The zero-order chi connectivity index (χ0) is 28.5. The van der Waals surface area contributed by atoms with Crippen molar-refractivity contribution in [2.45, 2.75) is 19.8 Å². The highest BCUT2D eigenvalue weighted by molar-refractivity contribution is 6.30. The molecule has 0 unspecified atom stereocenters. The molecule has 0 aromatic heterocycles. The van der Waals surface area contributed by atoms with Crippen LogP contribution >= 0.6 is 11.6 Å². The average Bonchev–Trinajstić information content (AvgIpc) is 2.97. The molecule has 0 aliphatic carbocycles. The van der Waals surface area contributed by atoms with Gasteiger partial charge in [0.2, 0.25) is 0 Å². The van der Waals surface area contributed by atoms with Crippen LogP contribution in [0.25, 0.3) is 12.2 Å². The number of halogens is 1. The number of nitrogens with one attached hydrogen (secondary N) is 2. The van der Waals surface area contributed by atoms with E-state index in [1.807, 2.05) is 18.2 Å². The Hall–Kier alpha value is -4.74. The number of amides is 2. The van der Waals surface area contributed by atoms with Crippen LogP contribution < -0.4 is 10.6 Å². The second kappa shape index (κ2) is 13.4. The van der Waals surface area contributed by atoms with Crippen molar-refractivity contribution in [2.24, 2.45) is 0 Å². The Kier molecular flexibility index (Phi) is 9.44. The Balaban J connectivity index is 1.46. The Bertz CT molecular complexity index is 1540. The maximum absolute atomic E-state index is 13.2. The van der Waals surface area contributed by atoms with Crippen LogP contribution in [0, 0.1) is 0 Å². The summed E-state index contributed by atoms with van der Waals surface area (Å²) >= 11 is 5.99. The Labute approximate surface area is 239 Å². The van der Waals surface area contributed by atoms with Crippen molar-refractivity contribution in [2.75, 3.05) is 5.32 Å². The van der Waals surface area contributed by atoms with Gasteiger partial charge >= 0.3 is 0 Å². The molecule has 0 radical (unpaired) electrons. The maximum atomic E-state index is 13.2. The molecular weight excluding hydrogens is 520 g/mol. The SMILES string of the molecule is CC(C)c1ccc(/C=C/C(=O)c2ccc(NC(=O)/C(=C/c3ccc(Cl)cc3)NC(=O)c3ccccc3)cc2)cc1. The summed E-state index contributed by atoms with van der Waals surface area (Å²) in [7, 11) is 0. The third-order valence-corrected chi connectivity index (χ3v) is 6.42. The van der Waals surface area contributed by atoms with E-state index >= 15 is 0 Å². The Morgan fingerprint density at radius 1 is 0.725 bits per heavy atom. The van der Waals surface area contributed by atoms with Gasteiger partial charge in [-0.15, -0.1) is 0 Å². The van der Waals surface area contributed by atoms with Gasteiger partial charge in [-0.3, -0.25) is 14.4 Å². The first-order chi connectivity index (χ1) is 19.3. The molecular formula is C34H29ClN2O3. The molecule has 2 N–H and O–H groups in total. The summed E-state index contributed by atoms with van der Waals surface area (Å²) in [5, 5.41) is 6.05.